The Morgan fingerprint density at radius 2 is 1.87 bits per heavy atom. The summed E-state index contributed by atoms with van der Waals surface area (Å²) in [7, 11) is -3.68. The number of carbonyl (C=O) groups excluding carboxylic acids is 1. The lowest BCUT2D eigenvalue weighted by molar-refractivity contribution is -0.147. The number of hydrogen-bond donors (Lipinski definition) is 2. The summed E-state index contributed by atoms with van der Waals surface area (Å²) in [5.41, 5.74) is -0.980. The van der Waals surface area contributed by atoms with E-state index in [0.717, 1.165) is 25.7 Å². The second kappa shape index (κ2) is 6.76. The van der Waals surface area contributed by atoms with E-state index in [2.05, 4.69) is 11.6 Å². The first-order valence-corrected chi connectivity index (χ1v) is 9.78. The molecule has 0 unspecified atom stereocenters. The summed E-state index contributed by atoms with van der Waals surface area (Å²) in [6, 6.07) is -0.0909. The van der Waals surface area contributed by atoms with Gasteiger partial charge in [0, 0.05) is 19.1 Å². The van der Waals surface area contributed by atoms with Crippen LogP contribution in [0.15, 0.2) is 0 Å². The Morgan fingerprint density at radius 3 is 2.39 bits per heavy atom. The summed E-state index contributed by atoms with van der Waals surface area (Å²) in [5.74, 6) is -1.46. The highest BCUT2D eigenvalue weighted by Crippen LogP contribution is 2.30. The van der Waals surface area contributed by atoms with E-state index >= 15 is 0 Å². The van der Waals surface area contributed by atoms with Crippen LogP contribution in [0.3, 0.4) is 0 Å². The van der Waals surface area contributed by atoms with Crippen molar-refractivity contribution in [2.45, 2.75) is 52.0 Å². The van der Waals surface area contributed by atoms with Gasteiger partial charge in [-0.05, 0) is 44.9 Å². The molecule has 2 N–H and O–H groups in total. The molecule has 8 heteroatoms. The maximum atomic E-state index is 12.2. The van der Waals surface area contributed by atoms with Gasteiger partial charge in [-0.25, -0.2) is 13.1 Å². The van der Waals surface area contributed by atoms with Crippen LogP contribution in [0.2, 0.25) is 0 Å². The lowest BCUT2D eigenvalue weighted by Gasteiger charge is -2.27. The highest BCUT2D eigenvalue weighted by molar-refractivity contribution is 7.90. The molecule has 0 aromatic rings. The lowest BCUT2D eigenvalue weighted by Crippen LogP contribution is -2.44. The molecule has 1 aliphatic heterocycles. The predicted molar refractivity (Wildman–Crippen MR) is 85.3 cm³/mol. The second-order valence-electron chi connectivity index (χ2n) is 7.26. The normalized spacial score (nSPS) is 32.0. The first-order valence-electron chi connectivity index (χ1n) is 8.12. The highest BCUT2D eigenvalue weighted by atomic mass is 32.2. The van der Waals surface area contributed by atoms with Crippen LogP contribution < -0.4 is 4.72 Å². The maximum absolute atomic E-state index is 12.2. The van der Waals surface area contributed by atoms with Crippen LogP contribution in [-0.4, -0.2) is 55.2 Å². The molecule has 2 rings (SSSR count). The fourth-order valence-corrected chi connectivity index (χ4v) is 4.61. The number of carbonyl (C=O) groups is 2. The van der Waals surface area contributed by atoms with Crippen molar-refractivity contribution in [3.8, 4) is 0 Å². The third-order valence-corrected chi connectivity index (χ3v) is 6.34. The van der Waals surface area contributed by atoms with Crippen LogP contribution >= 0.6 is 0 Å². The zero-order chi connectivity index (χ0) is 17.3. The highest BCUT2D eigenvalue weighted by Gasteiger charge is 2.42. The zero-order valence-corrected chi connectivity index (χ0v) is 14.6. The monoisotopic (exact) mass is 346 g/mol. The van der Waals surface area contributed by atoms with Gasteiger partial charge in [-0.15, -0.1) is 0 Å². The van der Waals surface area contributed by atoms with Crippen molar-refractivity contribution in [1.82, 2.24) is 9.62 Å². The van der Waals surface area contributed by atoms with Crippen LogP contribution in [0.25, 0.3) is 0 Å². The summed E-state index contributed by atoms with van der Waals surface area (Å²) >= 11 is 0. The minimum absolute atomic E-state index is 0.0671. The first kappa shape index (κ1) is 18.2. The third-order valence-electron chi connectivity index (χ3n) is 5.02. The molecule has 7 nitrogen and oxygen atoms in total. The van der Waals surface area contributed by atoms with Gasteiger partial charge >= 0.3 is 5.97 Å². The average Bonchev–Trinajstić information content (AvgIpc) is 2.85. The molecule has 1 atom stereocenters. The number of nitrogens with one attached hydrogen (secondary N) is 1. The Morgan fingerprint density at radius 1 is 1.26 bits per heavy atom. The Balaban J connectivity index is 1.88. The minimum Gasteiger partial charge on any atom is -0.481 e. The van der Waals surface area contributed by atoms with Crippen molar-refractivity contribution < 1.29 is 23.1 Å². The molecule has 0 spiro atoms. The fraction of sp³-hybridized carbons (Fsp3) is 0.867. The van der Waals surface area contributed by atoms with E-state index in [9.17, 15) is 23.1 Å². The fourth-order valence-electron chi connectivity index (χ4n) is 3.28. The molecule has 2 aliphatic rings. The first-order chi connectivity index (χ1) is 10.6. The topological polar surface area (TPSA) is 104 Å². The molecule has 0 radical (unpaired) electrons. The van der Waals surface area contributed by atoms with Crippen LogP contribution in [-0.2, 0) is 19.6 Å². The van der Waals surface area contributed by atoms with Gasteiger partial charge in [-0.3, -0.25) is 9.59 Å². The van der Waals surface area contributed by atoms with E-state index in [4.69, 9.17) is 0 Å². The van der Waals surface area contributed by atoms with Gasteiger partial charge in [0.1, 0.15) is 5.75 Å². The number of likely N-dealkylation sites (tertiary alicyclic amines) is 1. The Labute approximate surface area is 137 Å². The summed E-state index contributed by atoms with van der Waals surface area (Å²) in [5, 5.41) is 9.17. The third kappa shape index (κ3) is 4.67. The standard InChI is InChI=1S/C15H26N2O5S/c1-11-3-5-12(6-4-11)16-23(21,22)9-13(18)17-8-7-15(2,10-17)14(19)20/h11-12,16H,3-10H2,1-2H3,(H,19,20)/t11?,12?,15-/m0/s1. The largest absolute Gasteiger partial charge is 0.481 e. The second-order valence-corrected chi connectivity index (χ2v) is 9.02. The molecule has 1 saturated heterocycles. The molecule has 0 bridgehead atoms. The number of nitrogens with zero attached hydrogens (tertiary/aromatic N) is 1. The molecule has 0 aromatic carbocycles. The van der Waals surface area contributed by atoms with Gasteiger partial charge in [0.05, 0.1) is 5.41 Å². The Hall–Kier alpha value is -1.15. The van der Waals surface area contributed by atoms with Gasteiger partial charge in [0.15, 0.2) is 0 Å². The molecule has 1 amide bonds. The van der Waals surface area contributed by atoms with Crippen molar-refractivity contribution in [1.29, 1.82) is 0 Å². The van der Waals surface area contributed by atoms with E-state index in [0.29, 0.717) is 12.3 Å². The number of hydrogen-bond acceptors (Lipinski definition) is 4. The minimum atomic E-state index is -3.68. The molecule has 1 saturated carbocycles. The molecule has 23 heavy (non-hydrogen) atoms. The van der Waals surface area contributed by atoms with Gasteiger partial charge in [-0.2, -0.15) is 0 Å². The van der Waals surface area contributed by atoms with Crippen molar-refractivity contribution in [2.75, 3.05) is 18.8 Å². The SMILES string of the molecule is CC1CCC(NS(=O)(=O)CC(=O)N2CC[C@](C)(C(=O)O)C2)CC1. The zero-order valence-electron chi connectivity index (χ0n) is 13.7. The summed E-state index contributed by atoms with van der Waals surface area (Å²) in [6.07, 6.45) is 3.93. The number of amides is 1. The smallest absolute Gasteiger partial charge is 0.311 e. The summed E-state index contributed by atoms with van der Waals surface area (Å²) in [4.78, 5) is 24.7. The van der Waals surface area contributed by atoms with E-state index < -0.39 is 33.1 Å². The maximum Gasteiger partial charge on any atom is 0.311 e. The van der Waals surface area contributed by atoms with Crippen molar-refractivity contribution >= 4 is 21.9 Å². The van der Waals surface area contributed by atoms with Crippen LogP contribution in [0.1, 0.15) is 46.0 Å². The summed E-state index contributed by atoms with van der Waals surface area (Å²) in [6.45, 7) is 4.09. The van der Waals surface area contributed by atoms with E-state index in [1.54, 1.807) is 6.92 Å². The quantitative estimate of drug-likeness (QED) is 0.766. The van der Waals surface area contributed by atoms with E-state index in [-0.39, 0.29) is 19.1 Å². The number of carboxylic acid groups (broad SMARTS) is 1. The van der Waals surface area contributed by atoms with Gasteiger partial charge in [0.2, 0.25) is 15.9 Å². The van der Waals surface area contributed by atoms with E-state index in [1.165, 1.54) is 4.90 Å². The Kier molecular flexibility index (Phi) is 5.35. The number of sulfonamides is 1. The van der Waals surface area contributed by atoms with Crippen molar-refractivity contribution in [3.05, 3.63) is 0 Å². The molecule has 1 aliphatic carbocycles. The summed E-state index contributed by atoms with van der Waals surface area (Å²) < 4.78 is 27.0. The molecule has 0 aromatic heterocycles. The molecular formula is C15H26N2O5S. The molecular weight excluding hydrogens is 320 g/mol. The number of carboxylic acids is 1. The van der Waals surface area contributed by atoms with Gasteiger partial charge in [0.25, 0.3) is 0 Å². The van der Waals surface area contributed by atoms with Gasteiger partial charge < -0.3 is 10.0 Å². The van der Waals surface area contributed by atoms with Gasteiger partial charge in [-0.1, -0.05) is 6.92 Å². The molecule has 1 heterocycles. The van der Waals surface area contributed by atoms with Crippen molar-refractivity contribution in [3.63, 3.8) is 0 Å². The molecule has 132 valence electrons. The van der Waals surface area contributed by atoms with Crippen LogP contribution in [0.4, 0.5) is 0 Å². The van der Waals surface area contributed by atoms with Crippen molar-refractivity contribution in [2.24, 2.45) is 11.3 Å². The average molecular weight is 346 g/mol. The number of aliphatic carboxylic acids is 1. The van der Waals surface area contributed by atoms with E-state index in [1.807, 2.05) is 0 Å². The lowest BCUT2D eigenvalue weighted by atomic mass is 9.88. The van der Waals surface area contributed by atoms with Crippen LogP contribution in [0, 0.1) is 11.3 Å². The molecule has 2 fully saturated rings. The number of rotatable bonds is 5. The van der Waals surface area contributed by atoms with Crippen LogP contribution in [0.5, 0.6) is 0 Å². The Bertz CT molecular complexity index is 568. The predicted octanol–water partition coefficient (Wildman–Crippen LogP) is 0.808.